The summed E-state index contributed by atoms with van der Waals surface area (Å²) < 4.78 is 0. The Bertz CT molecular complexity index is 795. The van der Waals surface area contributed by atoms with E-state index in [0.717, 1.165) is 5.56 Å². The molecule has 1 heterocycles. The number of carbonyl (C=O) groups is 4. The van der Waals surface area contributed by atoms with E-state index in [0.29, 0.717) is 25.8 Å². The van der Waals surface area contributed by atoms with Gasteiger partial charge in [0.15, 0.2) is 0 Å². The summed E-state index contributed by atoms with van der Waals surface area (Å²) in [5.74, 6) is -2.74. The first-order valence-electron chi connectivity index (χ1n) is 9.93. The summed E-state index contributed by atoms with van der Waals surface area (Å²) >= 11 is 8.11. The van der Waals surface area contributed by atoms with Crippen molar-refractivity contribution in [2.45, 2.75) is 43.4 Å². The van der Waals surface area contributed by atoms with Gasteiger partial charge in [0.05, 0.1) is 6.04 Å². The maximum atomic E-state index is 13.0. The normalized spacial score (nSPS) is 18.7. The quantitative estimate of drug-likeness (QED) is 0.255. The molecule has 0 aromatic heterocycles. The number of nitrogens with two attached hydrogens (primary N) is 1. The Hall–Kier alpha value is -2.24. The average Bonchev–Trinajstić information content (AvgIpc) is 3.25. The number of nitrogens with zero attached hydrogens (tertiary/aromatic N) is 1. The van der Waals surface area contributed by atoms with Gasteiger partial charge < -0.3 is 26.4 Å². The molecule has 2 rings (SSSR count). The van der Waals surface area contributed by atoms with Crippen molar-refractivity contribution < 1.29 is 24.3 Å². The van der Waals surface area contributed by atoms with Gasteiger partial charge >= 0.3 is 5.97 Å². The van der Waals surface area contributed by atoms with Gasteiger partial charge in [0.25, 0.3) is 0 Å². The third-order valence-corrected chi connectivity index (χ3v) is 5.80. The third-order valence-electron chi connectivity index (χ3n) is 5.07. The van der Waals surface area contributed by atoms with Gasteiger partial charge in [0.2, 0.25) is 17.7 Å². The number of likely N-dealkylation sites (tertiary alicyclic amines) is 1. The summed E-state index contributed by atoms with van der Waals surface area (Å²) in [7, 11) is 0. The van der Waals surface area contributed by atoms with Crippen LogP contribution in [0.2, 0.25) is 0 Å². The molecule has 0 radical (unpaired) electrons. The number of hydrogen-bond donors (Lipinski definition) is 6. The van der Waals surface area contributed by atoms with E-state index >= 15 is 0 Å². The molecule has 0 saturated carbocycles. The zero-order chi connectivity index (χ0) is 23.0. The van der Waals surface area contributed by atoms with E-state index < -0.39 is 47.9 Å². The second-order valence-electron chi connectivity index (χ2n) is 7.31. The number of nitrogens with one attached hydrogen (secondary N) is 2. The molecule has 1 fully saturated rings. The summed E-state index contributed by atoms with van der Waals surface area (Å²) in [4.78, 5) is 50.6. The molecule has 0 aliphatic carbocycles. The molecule has 11 heteroatoms. The monoisotopic (exact) mass is 468 g/mol. The molecule has 4 atom stereocenters. The van der Waals surface area contributed by atoms with Crippen molar-refractivity contribution in [3.8, 4) is 0 Å². The Morgan fingerprint density at radius 2 is 1.74 bits per heavy atom. The minimum absolute atomic E-state index is 0.0296. The Morgan fingerprint density at radius 3 is 2.32 bits per heavy atom. The summed E-state index contributed by atoms with van der Waals surface area (Å²) in [5.41, 5.74) is 6.89. The lowest BCUT2D eigenvalue weighted by Gasteiger charge is -2.29. The second kappa shape index (κ2) is 12.0. The average molecular weight is 469 g/mol. The molecular formula is C20H28N4O5S2. The fourth-order valence-corrected chi connectivity index (χ4v) is 3.88. The van der Waals surface area contributed by atoms with Gasteiger partial charge in [-0.25, -0.2) is 4.79 Å². The van der Waals surface area contributed by atoms with Crippen molar-refractivity contribution in [1.82, 2.24) is 15.5 Å². The highest BCUT2D eigenvalue weighted by atomic mass is 32.1. The maximum absolute atomic E-state index is 13.0. The second-order valence-corrected chi connectivity index (χ2v) is 8.04. The number of carbonyl (C=O) groups excluding carboxylic acids is 3. The number of rotatable bonds is 10. The molecule has 1 saturated heterocycles. The van der Waals surface area contributed by atoms with Crippen molar-refractivity contribution in [1.29, 1.82) is 0 Å². The Balaban J connectivity index is 2.00. The van der Waals surface area contributed by atoms with Crippen molar-refractivity contribution in [2.24, 2.45) is 5.73 Å². The van der Waals surface area contributed by atoms with Crippen LogP contribution in [-0.2, 0) is 25.6 Å². The molecule has 9 nitrogen and oxygen atoms in total. The number of amides is 3. The van der Waals surface area contributed by atoms with E-state index in [-0.39, 0.29) is 11.5 Å². The standard InChI is InChI=1S/C20H28N4O5S2/c21-13(9-12-5-2-1-3-6-12)17(25)22-14(10-30)19(27)24-8-4-7-16(24)18(26)23-15(11-31)20(28)29/h1-3,5-6,13-16,30-31H,4,7-11,21H2,(H,22,25)(H,23,26)(H,28,29). The van der Waals surface area contributed by atoms with Crippen molar-refractivity contribution >= 4 is 48.9 Å². The molecule has 1 aromatic rings. The Labute approximate surface area is 191 Å². The molecule has 1 aliphatic heterocycles. The van der Waals surface area contributed by atoms with Gasteiger partial charge in [-0.1, -0.05) is 30.3 Å². The largest absolute Gasteiger partial charge is 0.480 e. The lowest BCUT2D eigenvalue weighted by molar-refractivity contribution is -0.144. The lowest BCUT2D eigenvalue weighted by atomic mass is 10.1. The predicted molar refractivity (Wildman–Crippen MR) is 122 cm³/mol. The van der Waals surface area contributed by atoms with E-state index in [1.165, 1.54) is 4.90 Å². The SMILES string of the molecule is NC(Cc1ccccc1)C(=O)NC(CS)C(=O)N1CCCC1C(=O)NC(CS)C(=O)O. The minimum Gasteiger partial charge on any atom is -0.480 e. The molecule has 0 bridgehead atoms. The fourth-order valence-electron chi connectivity index (χ4n) is 3.38. The summed E-state index contributed by atoms with van der Waals surface area (Å²) in [6.45, 7) is 0.325. The highest BCUT2D eigenvalue weighted by Gasteiger charge is 2.38. The topological polar surface area (TPSA) is 142 Å². The number of carboxylic acids is 1. The van der Waals surface area contributed by atoms with Gasteiger partial charge in [-0.05, 0) is 24.8 Å². The summed E-state index contributed by atoms with van der Waals surface area (Å²) in [6, 6.07) is 5.52. The van der Waals surface area contributed by atoms with Crippen LogP contribution in [0.25, 0.3) is 0 Å². The number of carboxylic acid groups (broad SMARTS) is 1. The first-order valence-corrected chi connectivity index (χ1v) is 11.2. The molecule has 0 spiro atoms. The van der Waals surface area contributed by atoms with Crippen LogP contribution in [0.1, 0.15) is 18.4 Å². The highest BCUT2D eigenvalue weighted by Crippen LogP contribution is 2.19. The fraction of sp³-hybridized carbons (Fsp3) is 0.500. The van der Waals surface area contributed by atoms with Crippen LogP contribution in [-0.4, -0.2) is 75.9 Å². The molecule has 4 unspecified atom stereocenters. The van der Waals surface area contributed by atoms with Gasteiger partial charge in [0, 0.05) is 18.1 Å². The molecular weight excluding hydrogens is 440 g/mol. The maximum Gasteiger partial charge on any atom is 0.327 e. The number of thiol groups is 2. The predicted octanol–water partition coefficient (Wildman–Crippen LogP) is -0.539. The first kappa shape index (κ1) is 25.0. The summed E-state index contributed by atoms with van der Waals surface area (Å²) in [6.07, 6.45) is 1.30. The van der Waals surface area contributed by atoms with Gasteiger partial charge in [-0.15, -0.1) is 0 Å². The van der Waals surface area contributed by atoms with E-state index in [4.69, 9.17) is 10.8 Å². The number of aliphatic carboxylic acids is 1. The van der Waals surface area contributed by atoms with Crippen molar-refractivity contribution in [3.63, 3.8) is 0 Å². The van der Waals surface area contributed by atoms with Crippen LogP contribution in [0.4, 0.5) is 0 Å². The van der Waals surface area contributed by atoms with Crippen LogP contribution in [0.3, 0.4) is 0 Å². The number of benzene rings is 1. The molecule has 3 amide bonds. The van der Waals surface area contributed by atoms with Crippen molar-refractivity contribution in [2.75, 3.05) is 18.1 Å². The zero-order valence-electron chi connectivity index (χ0n) is 16.9. The Kier molecular flexibility index (Phi) is 9.66. The van der Waals surface area contributed by atoms with E-state index in [2.05, 4.69) is 35.9 Å². The van der Waals surface area contributed by atoms with Gasteiger partial charge in [0.1, 0.15) is 18.1 Å². The van der Waals surface area contributed by atoms with Crippen LogP contribution in [0, 0.1) is 0 Å². The van der Waals surface area contributed by atoms with E-state index in [9.17, 15) is 19.2 Å². The number of hydrogen-bond acceptors (Lipinski definition) is 7. The smallest absolute Gasteiger partial charge is 0.327 e. The summed E-state index contributed by atoms with van der Waals surface area (Å²) in [5, 5.41) is 14.1. The van der Waals surface area contributed by atoms with E-state index in [1.807, 2.05) is 30.3 Å². The minimum atomic E-state index is -1.20. The van der Waals surface area contributed by atoms with E-state index in [1.54, 1.807) is 0 Å². The highest BCUT2D eigenvalue weighted by molar-refractivity contribution is 7.80. The van der Waals surface area contributed by atoms with Crippen LogP contribution >= 0.6 is 25.3 Å². The molecule has 1 aromatic carbocycles. The first-order chi connectivity index (χ1) is 14.8. The molecule has 31 heavy (non-hydrogen) atoms. The van der Waals surface area contributed by atoms with Crippen LogP contribution in [0.15, 0.2) is 30.3 Å². The van der Waals surface area contributed by atoms with Crippen molar-refractivity contribution in [3.05, 3.63) is 35.9 Å². The zero-order valence-corrected chi connectivity index (χ0v) is 18.7. The van der Waals surface area contributed by atoms with Crippen LogP contribution < -0.4 is 16.4 Å². The molecule has 5 N–H and O–H groups in total. The third kappa shape index (κ3) is 6.88. The van der Waals surface area contributed by atoms with Gasteiger partial charge in [-0.2, -0.15) is 25.3 Å². The molecule has 1 aliphatic rings. The van der Waals surface area contributed by atoms with Gasteiger partial charge in [-0.3, -0.25) is 14.4 Å². The van der Waals surface area contributed by atoms with Crippen LogP contribution in [0.5, 0.6) is 0 Å². The lowest BCUT2D eigenvalue weighted by Crippen LogP contribution is -2.57. The Morgan fingerprint density at radius 1 is 1.10 bits per heavy atom. The molecule has 170 valence electrons.